The van der Waals surface area contributed by atoms with E-state index in [9.17, 15) is 19.8 Å². The second-order valence-electron chi connectivity index (χ2n) is 9.57. The summed E-state index contributed by atoms with van der Waals surface area (Å²) in [6.07, 6.45) is 7.55. The summed E-state index contributed by atoms with van der Waals surface area (Å²) < 4.78 is 0. The number of carbonyl (C=O) groups excluding carboxylic acids is 1. The number of aromatic hydroxyl groups is 1. The lowest BCUT2D eigenvalue weighted by molar-refractivity contribution is 0.0693. The Morgan fingerprint density at radius 3 is 1.95 bits per heavy atom. The largest absolute Gasteiger partial charge is 0.507 e. The predicted octanol–water partition coefficient (Wildman–Crippen LogP) is 7.06. The number of amides is 1. The number of hydrogen-bond donors (Lipinski definition) is 2. The first-order valence-corrected chi connectivity index (χ1v) is 13.5. The zero-order valence-electron chi connectivity index (χ0n) is 22.4. The number of hydrogen-bond acceptors (Lipinski definition) is 3. The molecule has 38 heavy (non-hydrogen) atoms. The van der Waals surface area contributed by atoms with E-state index in [0.717, 1.165) is 48.8 Å². The molecule has 2 N–H and O–H groups in total. The lowest BCUT2D eigenvalue weighted by Gasteiger charge is -2.23. The maximum atomic E-state index is 13.3. The number of rotatable bonds is 12. The number of unbranched alkanes of at least 4 members (excludes halogenated alkanes) is 4. The minimum absolute atomic E-state index is 0.249. The summed E-state index contributed by atoms with van der Waals surface area (Å²) in [5.41, 5.74) is 4.15. The van der Waals surface area contributed by atoms with Gasteiger partial charge in [-0.1, -0.05) is 75.6 Å². The second kappa shape index (κ2) is 14.6. The summed E-state index contributed by atoms with van der Waals surface area (Å²) in [6, 6.07) is 20.3. The first kappa shape index (κ1) is 28.5. The van der Waals surface area contributed by atoms with Crippen LogP contribution in [0.3, 0.4) is 0 Å². The molecule has 0 atom stereocenters. The van der Waals surface area contributed by atoms with Gasteiger partial charge >= 0.3 is 5.97 Å². The molecule has 0 heterocycles. The standard InChI is InChI=1S/C33H37NO4/c1-3-5-7-8-22-34(32(36)29-20-21-31(35)30(23-29)33(37)38)24-28-18-16-27(17-19-28)15-14-26-12-10-25(11-13-26)9-6-4-2/h10-13,16-21,23,35H,3-9,22,24H2,1-2H3,(H,37,38). The molecule has 5 heteroatoms. The summed E-state index contributed by atoms with van der Waals surface area (Å²) in [5, 5.41) is 19.2. The van der Waals surface area contributed by atoms with Gasteiger partial charge < -0.3 is 15.1 Å². The van der Waals surface area contributed by atoms with Crippen LogP contribution in [0, 0.1) is 11.8 Å². The Labute approximate surface area is 226 Å². The fourth-order valence-corrected chi connectivity index (χ4v) is 4.20. The van der Waals surface area contributed by atoms with Crippen molar-refractivity contribution in [3.05, 3.63) is 100 Å². The van der Waals surface area contributed by atoms with Crippen molar-refractivity contribution < 1.29 is 19.8 Å². The van der Waals surface area contributed by atoms with Crippen molar-refractivity contribution in [1.29, 1.82) is 0 Å². The molecule has 3 aromatic carbocycles. The Balaban J connectivity index is 1.72. The molecule has 0 aliphatic carbocycles. The van der Waals surface area contributed by atoms with Gasteiger partial charge in [-0.15, -0.1) is 0 Å². The van der Waals surface area contributed by atoms with Crippen LogP contribution < -0.4 is 0 Å². The molecule has 0 bridgehead atoms. The third-order valence-corrected chi connectivity index (χ3v) is 6.49. The van der Waals surface area contributed by atoms with E-state index in [4.69, 9.17) is 0 Å². The van der Waals surface area contributed by atoms with Gasteiger partial charge in [0.05, 0.1) is 0 Å². The number of carbonyl (C=O) groups is 2. The number of carboxylic acids is 1. The van der Waals surface area contributed by atoms with Gasteiger partial charge in [0.2, 0.25) is 0 Å². The van der Waals surface area contributed by atoms with Gasteiger partial charge in [0.25, 0.3) is 5.91 Å². The first-order valence-electron chi connectivity index (χ1n) is 13.5. The van der Waals surface area contributed by atoms with Crippen LogP contribution in [-0.2, 0) is 13.0 Å². The molecular weight excluding hydrogens is 474 g/mol. The van der Waals surface area contributed by atoms with Gasteiger partial charge in [-0.3, -0.25) is 4.79 Å². The second-order valence-corrected chi connectivity index (χ2v) is 9.57. The van der Waals surface area contributed by atoms with E-state index in [1.165, 1.54) is 36.6 Å². The van der Waals surface area contributed by atoms with Crippen molar-refractivity contribution in [2.75, 3.05) is 6.54 Å². The Hall–Kier alpha value is -4.04. The van der Waals surface area contributed by atoms with Gasteiger partial charge in [0.1, 0.15) is 11.3 Å². The monoisotopic (exact) mass is 511 g/mol. The molecule has 0 spiro atoms. The van der Waals surface area contributed by atoms with Crippen LogP contribution in [0.2, 0.25) is 0 Å². The fraction of sp³-hybridized carbons (Fsp3) is 0.333. The van der Waals surface area contributed by atoms with Gasteiger partial charge in [-0.2, -0.15) is 0 Å². The molecule has 0 aliphatic rings. The number of carboxylic acid groups (broad SMARTS) is 1. The number of aromatic carboxylic acids is 1. The molecule has 0 radical (unpaired) electrons. The van der Waals surface area contributed by atoms with Crippen LogP contribution >= 0.6 is 0 Å². The van der Waals surface area contributed by atoms with Crippen molar-refractivity contribution in [3.63, 3.8) is 0 Å². The number of aryl methyl sites for hydroxylation is 1. The third-order valence-electron chi connectivity index (χ3n) is 6.49. The zero-order valence-corrected chi connectivity index (χ0v) is 22.4. The molecule has 5 nitrogen and oxygen atoms in total. The smallest absolute Gasteiger partial charge is 0.339 e. The van der Waals surface area contributed by atoms with E-state index in [1.54, 1.807) is 4.90 Å². The Bertz CT molecular complexity index is 1270. The molecule has 3 aromatic rings. The van der Waals surface area contributed by atoms with E-state index in [2.05, 4.69) is 50.0 Å². The summed E-state index contributed by atoms with van der Waals surface area (Å²) >= 11 is 0. The lowest BCUT2D eigenvalue weighted by atomic mass is 10.1. The number of nitrogens with zero attached hydrogens (tertiary/aromatic N) is 1. The summed E-state index contributed by atoms with van der Waals surface area (Å²) in [6.45, 7) is 5.31. The van der Waals surface area contributed by atoms with Gasteiger partial charge in [0.15, 0.2) is 0 Å². The topological polar surface area (TPSA) is 77.8 Å². The van der Waals surface area contributed by atoms with Crippen LogP contribution in [0.5, 0.6) is 5.75 Å². The molecule has 3 rings (SSSR count). The molecule has 0 fully saturated rings. The summed E-state index contributed by atoms with van der Waals surface area (Å²) in [4.78, 5) is 26.5. The molecule has 0 unspecified atom stereocenters. The maximum Gasteiger partial charge on any atom is 0.339 e. The highest BCUT2D eigenvalue weighted by molar-refractivity contribution is 5.98. The lowest BCUT2D eigenvalue weighted by Crippen LogP contribution is -2.31. The van der Waals surface area contributed by atoms with E-state index in [1.807, 2.05) is 24.3 Å². The van der Waals surface area contributed by atoms with Crippen LogP contribution in [0.15, 0.2) is 66.7 Å². The van der Waals surface area contributed by atoms with Crippen molar-refractivity contribution in [1.82, 2.24) is 4.90 Å². The highest BCUT2D eigenvalue weighted by Crippen LogP contribution is 2.21. The highest BCUT2D eigenvalue weighted by Gasteiger charge is 2.19. The van der Waals surface area contributed by atoms with Crippen molar-refractivity contribution >= 4 is 11.9 Å². The Kier molecular flexibility index (Phi) is 11.0. The predicted molar refractivity (Wildman–Crippen MR) is 151 cm³/mol. The Morgan fingerprint density at radius 2 is 1.37 bits per heavy atom. The average molecular weight is 512 g/mol. The van der Waals surface area contributed by atoms with Crippen LogP contribution in [-0.4, -0.2) is 33.5 Å². The molecule has 198 valence electrons. The number of phenols is 1. The van der Waals surface area contributed by atoms with E-state index in [-0.39, 0.29) is 22.8 Å². The van der Waals surface area contributed by atoms with Gasteiger partial charge in [-0.25, -0.2) is 4.79 Å². The zero-order chi connectivity index (χ0) is 27.3. The Morgan fingerprint density at radius 1 is 0.763 bits per heavy atom. The quantitative estimate of drug-likeness (QED) is 0.202. The minimum Gasteiger partial charge on any atom is -0.507 e. The number of benzene rings is 3. The third kappa shape index (κ3) is 8.52. The van der Waals surface area contributed by atoms with E-state index >= 15 is 0 Å². The maximum absolute atomic E-state index is 13.3. The molecule has 0 aliphatic heterocycles. The van der Waals surface area contributed by atoms with E-state index < -0.39 is 5.97 Å². The minimum atomic E-state index is -1.27. The first-order chi connectivity index (χ1) is 18.4. The van der Waals surface area contributed by atoms with Crippen LogP contribution in [0.25, 0.3) is 0 Å². The molecule has 1 amide bonds. The molecule has 0 aromatic heterocycles. The van der Waals surface area contributed by atoms with Gasteiger partial charge in [0, 0.05) is 29.8 Å². The van der Waals surface area contributed by atoms with E-state index in [0.29, 0.717) is 13.1 Å². The van der Waals surface area contributed by atoms with Crippen molar-refractivity contribution in [3.8, 4) is 17.6 Å². The van der Waals surface area contributed by atoms with Crippen molar-refractivity contribution in [2.45, 2.75) is 65.3 Å². The summed E-state index contributed by atoms with van der Waals surface area (Å²) in [5.74, 6) is 4.56. The molecule has 0 saturated carbocycles. The highest BCUT2D eigenvalue weighted by atomic mass is 16.4. The normalized spacial score (nSPS) is 10.5. The van der Waals surface area contributed by atoms with Crippen LogP contribution in [0.4, 0.5) is 0 Å². The molecular formula is C33H37NO4. The fourth-order valence-electron chi connectivity index (χ4n) is 4.20. The summed E-state index contributed by atoms with van der Waals surface area (Å²) in [7, 11) is 0. The molecule has 0 saturated heterocycles. The van der Waals surface area contributed by atoms with Gasteiger partial charge in [-0.05, 0) is 72.9 Å². The van der Waals surface area contributed by atoms with Crippen LogP contribution in [0.1, 0.15) is 95.3 Å². The van der Waals surface area contributed by atoms with Crippen molar-refractivity contribution in [2.24, 2.45) is 0 Å². The SMILES string of the molecule is CCCCCCN(Cc1ccc(C#Cc2ccc(CCCC)cc2)cc1)C(=O)c1ccc(O)c(C(=O)O)c1. The average Bonchev–Trinajstić information content (AvgIpc) is 2.93.